The van der Waals surface area contributed by atoms with Gasteiger partial charge in [-0.15, -0.1) is 0 Å². The van der Waals surface area contributed by atoms with Crippen molar-refractivity contribution in [2.75, 3.05) is 13.1 Å². The molecule has 2 rings (SSSR count). The molecular formula is C14H20BrNO2. The Morgan fingerprint density at radius 3 is 2.83 bits per heavy atom. The molecule has 1 atom stereocenters. The van der Waals surface area contributed by atoms with Gasteiger partial charge in [0.15, 0.2) is 0 Å². The van der Waals surface area contributed by atoms with E-state index in [-0.39, 0.29) is 5.91 Å². The summed E-state index contributed by atoms with van der Waals surface area (Å²) in [4.78, 5) is 14.6. The molecular weight excluding hydrogens is 294 g/mol. The first kappa shape index (κ1) is 13.7. The smallest absolute Gasteiger partial charge is 0.223 e. The number of hydrogen-bond donors (Lipinski definition) is 0. The average molecular weight is 314 g/mol. The van der Waals surface area contributed by atoms with Gasteiger partial charge in [0.25, 0.3) is 0 Å². The van der Waals surface area contributed by atoms with E-state index in [2.05, 4.69) is 22.9 Å². The molecule has 0 aliphatic carbocycles. The van der Waals surface area contributed by atoms with Gasteiger partial charge in [0.05, 0.1) is 6.26 Å². The van der Waals surface area contributed by atoms with Crippen molar-refractivity contribution < 1.29 is 9.21 Å². The molecule has 18 heavy (non-hydrogen) atoms. The van der Waals surface area contributed by atoms with Gasteiger partial charge in [0, 0.05) is 30.8 Å². The minimum absolute atomic E-state index is 0.257. The summed E-state index contributed by atoms with van der Waals surface area (Å²) >= 11 is 3.63. The summed E-state index contributed by atoms with van der Waals surface area (Å²) in [6.45, 7) is 3.99. The predicted octanol–water partition coefficient (Wildman–Crippen LogP) is 3.23. The molecule has 1 unspecified atom stereocenters. The van der Waals surface area contributed by atoms with E-state index >= 15 is 0 Å². The second kappa shape index (κ2) is 6.41. The van der Waals surface area contributed by atoms with Crippen LogP contribution in [0.3, 0.4) is 0 Å². The molecule has 0 aromatic carbocycles. The lowest BCUT2D eigenvalue weighted by Crippen LogP contribution is -2.40. The van der Waals surface area contributed by atoms with Crippen LogP contribution in [0.4, 0.5) is 0 Å². The molecule has 2 heterocycles. The first-order valence-electron chi connectivity index (χ1n) is 6.61. The Bertz CT molecular complexity index is 367. The van der Waals surface area contributed by atoms with Gasteiger partial charge >= 0.3 is 0 Å². The quantitative estimate of drug-likeness (QED) is 0.800. The van der Waals surface area contributed by atoms with Crippen LogP contribution in [-0.2, 0) is 11.2 Å². The summed E-state index contributed by atoms with van der Waals surface area (Å²) in [6, 6.07) is 3.79. The van der Waals surface area contributed by atoms with Crippen LogP contribution in [0.15, 0.2) is 22.8 Å². The van der Waals surface area contributed by atoms with Crippen LogP contribution in [0, 0.1) is 5.92 Å². The Morgan fingerprint density at radius 2 is 2.28 bits per heavy atom. The van der Waals surface area contributed by atoms with Gasteiger partial charge in [-0.2, -0.15) is 0 Å². The second-order valence-corrected chi connectivity index (χ2v) is 6.42. The van der Waals surface area contributed by atoms with Gasteiger partial charge in [0.1, 0.15) is 5.76 Å². The van der Waals surface area contributed by atoms with Crippen LogP contribution < -0.4 is 0 Å². The maximum Gasteiger partial charge on any atom is 0.223 e. The molecule has 0 spiro atoms. The van der Waals surface area contributed by atoms with Crippen molar-refractivity contribution in [1.82, 2.24) is 4.90 Å². The lowest BCUT2D eigenvalue weighted by Gasteiger charge is -2.33. The zero-order chi connectivity index (χ0) is 13.0. The number of piperidine rings is 1. The molecule has 0 radical (unpaired) electrons. The van der Waals surface area contributed by atoms with Gasteiger partial charge in [-0.3, -0.25) is 4.79 Å². The van der Waals surface area contributed by atoms with Gasteiger partial charge in [-0.25, -0.2) is 0 Å². The van der Waals surface area contributed by atoms with Crippen LogP contribution >= 0.6 is 15.9 Å². The fraction of sp³-hybridized carbons (Fsp3) is 0.643. The molecule has 1 saturated heterocycles. The molecule has 1 amide bonds. The van der Waals surface area contributed by atoms with Crippen molar-refractivity contribution in [3.05, 3.63) is 24.2 Å². The van der Waals surface area contributed by atoms with E-state index in [9.17, 15) is 4.79 Å². The van der Waals surface area contributed by atoms with Crippen LogP contribution in [0.2, 0.25) is 0 Å². The minimum Gasteiger partial charge on any atom is -0.469 e. The number of alkyl halides is 1. The van der Waals surface area contributed by atoms with Crippen molar-refractivity contribution in [2.24, 2.45) is 5.92 Å². The highest BCUT2D eigenvalue weighted by atomic mass is 79.9. The van der Waals surface area contributed by atoms with Crippen LogP contribution in [0.25, 0.3) is 0 Å². The van der Waals surface area contributed by atoms with E-state index in [1.165, 1.54) is 0 Å². The van der Waals surface area contributed by atoms with E-state index in [1.807, 2.05) is 17.0 Å². The Balaban J connectivity index is 1.74. The highest BCUT2D eigenvalue weighted by molar-refractivity contribution is 9.09. The topological polar surface area (TPSA) is 33.5 Å². The molecule has 1 aromatic heterocycles. The van der Waals surface area contributed by atoms with Gasteiger partial charge < -0.3 is 9.32 Å². The van der Waals surface area contributed by atoms with Gasteiger partial charge in [0.2, 0.25) is 5.91 Å². The monoisotopic (exact) mass is 313 g/mol. The summed E-state index contributed by atoms with van der Waals surface area (Å²) in [5.41, 5.74) is 0. The van der Waals surface area contributed by atoms with Crippen LogP contribution in [0.5, 0.6) is 0 Å². The standard InChI is InChI=1S/C14H20BrNO2/c1-11(15)12-6-8-16(9-7-12)14(17)5-4-13-3-2-10-18-13/h2-3,10-12H,4-9H2,1H3. The maximum atomic E-state index is 12.0. The van der Waals surface area contributed by atoms with Crippen molar-refractivity contribution >= 4 is 21.8 Å². The van der Waals surface area contributed by atoms with E-state index < -0.39 is 0 Å². The second-order valence-electron chi connectivity index (χ2n) is 4.98. The molecule has 1 aliphatic rings. The normalized spacial score (nSPS) is 18.9. The summed E-state index contributed by atoms with van der Waals surface area (Å²) < 4.78 is 5.24. The molecule has 4 heteroatoms. The first-order chi connectivity index (χ1) is 8.66. The van der Waals surface area contributed by atoms with Crippen molar-refractivity contribution in [3.63, 3.8) is 0 Å². The third-order valence-electron chi connectivity index (χ3n) is 3.71. The zero-order valence-corrected chi connectivity index (χ0v) is 12.4. The van der Waals surface area contributed by atoms with E-state index in [0.717, 1.165) is 31.7 Å². The highest BCUT2D eigenvalue weighted by Gasteiger charge is 2.24. The van der Waals surface area contributed by atoms with E-state index in [4.69, 9.17) is 4.42 Å². The number of carbonyl (C=O) groups is 1. The van der Waals surface area contributed by atoms with Gasteiger partial charge in [-0.1, -0.05) is 22.9 Å². The first-order valence-corrected chi connectivity index (χ1v) is 7.52. The summed E-state index contributed by atoms with van der Waals surface area (Å²) in [6.07, 6.45) is 5.14. The lowest BCUT2D eigenvalue weighted by molar-refractivity contribution is -0.132. The number of halogens is 1. The number of likely N-dealkylation sites (tertiary alicyclic amines) is 1. The van der Waals surface area contributed by atoms with Crippen molar-refractivity contribution in [1.29, 1.82) is 0 Å². The fourth-order valence-corrected chi connectivity index (χ4v) is 2.98. The highest BCUT2D eigenvalue weighted by Crippen LogP contribution is 2.25. The van der Waals surface area contributed by atoms with E-state index in [0.29, 0.717) is 23.6 Å². The van der Waals surface area contributed by atoms with Gasteiger partial charge in [-0.05, 0) is 30.9 Å². The average Bonchev–Trinajstić information content (AvgIpc) is 2.89. The Hall–Kier alpha value is -0.770. The molecule has 0 bridgehead atoms. The number of aryl methyl sites for hydroxylation is 1. The molecule has 3 nitrogen and oxygen atoms in total. The summed E-state index contributed by atoms with van der Waals surface area (Å²) in [5.74, 6) is 1.86. The Kier molecular flexibility index (Phi) is 4.87. The summed E-state index contributed by atoms with van der Waals surface area (Å²) in [7, 11) is 0. The molecule has 0 N–H and O–H groups in total. The number of amides is 1. The molecule has 1 fully saturated rings. The maximum absolute atomic E-state index is 12.0. The van der Waals surface area contributed by atoms with E-state index in [1.54, 1.807) is 6.26 Å². The fourth-order valence-electron chi connectivity index (χ4n) is 2.45. The van der Waals surface area contributed by atoms with Crippen molar-refractivity contribution in [2.45, 2.75) is 37.4 Å². The number of hydrogen-bond acceptors (Lipinski definition) is 2. The molecule has 1 aromatic rings. The predicted molar refractivity (Wildman–Crippen MR) is 74.7 cm³/mol. The SMILES string of the molecule is CC(Br)C1CCN(C(=O)CCc2ccco2)CC1. The number of nitrogens with zero attached hydrogens (tertiary/aromatic N) is 1. The Labute approximate surface area is 117 Å². The number of carbonyl (C=O) groups excluding carboxylic acids is 1. The zero-order valence-electron chi connectivity index (χ0n) is 10.8. The molecule has 100 valence electrons. The summed E-state index contributed by atoms with van der Waals surface area (Å²) in [5, 5.41) is 0. The largest absolute Gasteiger partial charge is 0.469 e. The minimum atomic E-state index is 0.257. The number of furan rings is 1. The Morgan fingerprint density at radius 1 is 1.56 bits per heavy atom. The van der Waals surface area contributed by atoms with Crippen LogP contribution in [0.1, 0.15) is 31.9 Å². The lowest BCUT2D eigenvalue weighted by atomic mass is 9.94. The van der Waals surface area contributed by atoms with Crippen LogP contribution in [-0.4, -0.2) is 28.7 Å². The molecule has 0 saturated carbocycles. The number of rotatable bonds is 4. The third-order valence-corrected chi connectivity index (χ3v) is 4.45. The third kappa shape index (κ3) is 3.61. The van der Waals surface area contributed by atoms with Crippen molar-refractivity contribution in [3.8, 4) is 0 Å². The molecule has 1 aliphatic heterocycles.